The lowest BCUT2D eigenvalue weighted by atomic mass is 9.98. The molecule has 10 aromatic rings. The van der Waals surface area contributed by atoms with Gasteiger partial charge in [0, 0.05) is 48.3 Å². The molecule has 0 amide bonds. The first kappa shape index (κ1) is 26.1. The van der Waals surface area contributed by atoms with Crippen molar-refractivity contribution in [3.05, 3.63) is 157 Å². The predicted octanol–water partition coefficient (Wildman–Crippen LogP) is 11.8. The summed E-state index contributed by atoms with van der Waals surface area (Å²) < 4.78 is 7.29. The number of hydrogen-bond acceptors (Lipinski definition) is 2. The molecule has 3 nitrogen and oxygen atoms in total. The number of para-hydroxylation sites is 4. The number of nitriles is 1. The van der Waals surface area contributed by atoms with E-state index in [9.17, 15) is 5.26 Å². The molecule has 0 aliphatic rings. The number of hydrogen-bond donors (Lipinski definition) is 0. The molecule has 3 heterocycles. The van der Waals surface area contributed by atoms with Crippen LogP contribution in [0.2, 0.25) is 0 Å². The fourth-order valence-electron chi connectivity index (χ4n) is 7.57. The summed E-state index contributed by atoms with van der Waals surface area (Å²) in [6.07, 6.45) is 0. The third-order valence-corrected chi connectivity index (χ3v) is 10.8. The smallest absolute Gasteiger partial charge is 0.101 e. The van der Waals surface area contributed by atoms with Crippen molar-refractivity contribution in [1.82, 2.24) is 9.13 Å². The molecule has 0 spiro atoms. The Labute approximate surface area is 274 Å². The molecule has 0 bridgehead atoms. The molecule has 10 rings (SSSR count). The summed E-state index contributed by atoms with van der Waals surface area (Å²) in [4.78, 5) is 0. The minimum absolute atomic E-state index is 0.646. The number of thiophene rings is 1. The third kappa shape index (κ3) is 3.66. The molecule has 0 saturated heterocycles. The first-order valence-electron chi connectivity index (χ1n) is 15.8. The fraction of sp³-hybridized carbons (Fsp3) is 0. The summed E-state index contributed by atoms with van der Waals surface area (Å²) in [6.45, 7) is 0. The highest BCUT2D eigenvalue weighted by Crippen LogP contribution is 2.45. The van der Waals surface area contributed by atoms with Crippen molar-refractivity contribution in [2.45, 2.75) is 0 Å². The van der Waals surface area contributed by atoms with Crippen molar-refractivity contribution < 1.29 is 0 Å². The fourth-order valence-corrected chi connectivity index (χ4v) is 8.81. The van der Waals surface area contributed by atoms with Gasteiger partial charge in [0.2, 0.25) is 0 Å². The molecule has 0 radical (unpaired) electrons. The van der Waals surface area contributed by atoms with Crippen LogP contribution < -0.4 is 0 Å². The van der Waals surface area contributed by atoms with Gasteiger partial charge in [-0.3, -0.25) is 0 Å². The number of fused-ring (bicyclic) bond motifs is 10. The van der Waals surface area contributed by atoms with Gasteiger partial charge in [0.1, 0.15) is 6.07 Å². The molecular formula is C43H25N3S. The van der Waals surface area contributed by atoms with Crippen LogP contribution in [0.4, 0.5) is 0 Å². The van der Waals surface area contributed by atoms with E-state index in [4.69, 9.17) is 0 Å². The van der Waals surface area contributed by atoms with Crippen LogP contribution in [0.25, 0.3) is 86.3 Å². The Bertz CT molecular complexity index is 2860. The Morgan fingerprint density at radius 3 is 1.91 bits per heavy atom. The summed E-state index contributed by atoms with van der Waals surface area (Å²) in [5.41, 5.74) is 9.38. The maximum Gasteiger partial charge on any atom is 0.101 e. The lowest BCUT2D eigenvalue weighted by Gasteiger charge is -2.16. The minimum atomic E-state index is 0.646. The molecule has 0 saturated carbocycles. The zero-order valence-electron chi connectivity index (χ0n) is 25.2. The largest absolute Gasteiger partial charge is 0.308 e. The van der Waals surface area contributed by atoms with Crippen molar-refractivity contribution in [3.8, 4) is 28.6 Å². The highest BCUT2D eigenvalue weighted by Gasteiger charge is 2.21. The van der Waals surface area contributed by atoms with E-state index in [0.717, 1.165) is 39.1 Å². The predicted molar refractivity (Wildman–Crippen MR) is 198 cm³/mol. The van der Waals surface area contributed by atoms with E-state index in [2.05, 4.69) is 155 Å². The van der Waals surface area contributed by atoms with E-state index in [1.54, 1.807) is 0 Å². The van der Waals surface area contributed by atoms with E-state index in [1.807, 2.05) is 23.5 Å². The minimum Gasteiger partial charge on any atom is -0.308 e. The van der Waals surface area contributed by atoms with Crippen LogP contribution in [0.15, 0.2) is 152 Å². The van der Waals surface area contributed by atoms with Crippen molar-refractivity contribution in [2.24, 2.45) is 0 Å². The average molecular weight is 616 g/mol. The van der Waals surface area contributed by atoms with E-state index >= 15 is 0 Å². The van der Waals surface area contributed by atoms with E-state index in [-0.39, 0.29) is 0 Å². The number of rotatable bonds is 3. The quantitative estimate of drug-likeness (QED) is 0.195. The highest BCUT2D eigenvalue weighted by atomic mass is 32.1. The maximum absolute atomic E-state index is 10.5. The molecule has 4 heteroatoms. The van der Waals surface area contributed by atoms with Gasteiger partial charge in [-0.05, 0) is 54.1 Å². The van der Waals surface area contributed by atoms with E-state index < -0.39 is 0 Å². The molecule has 0 unspecified atom stereocenters. The molecule has 0 aliphatic carbocycles. The summed E-state index contributed by atoms with van der Waals surface area (Å²) >= 11 is 1.86. The Hall–Kier alpha value is -6.15. The van der Waals surface area contributed by atoms with Crippen LogP contribution in [0, 0.1) is 11.3 Å². The Kier molecular flexibility index (Phi) is 5.51. The van der Waals surface area contributed by atoms with Gasteiger partial charge in [-0.15, -0.1) is 11.3 Å². The molecule has 0 atom stereocenters. The Balaban J connectivity index is 1.31. The second kappa shape index (κ2) is 9.92. The molecule has 0 fully saturated rings. The summed E-state index contributed by atoms with van der Waals surface area (Å²) in [5.74, 6) is 0. The van der Waals surface area contributed by atoms with Crippen molar-refractivity contribution in [3.63, 3.8) is 0 Å². The van der Waals surface area contributed by atoms with Crippen LogP contribution >= 0.6 is 11.3 Å². The Morgan fingerprint density at radius 2 is 1.15 bits per heavy atom. The van der Waals surface area contributed by atoms with Gasteiger partial charge in [0.25, 0.3) is 0 Å². The number of benzene rings is 7. The number of nitrogens with zero attached hydrogens (tertiary/aromatic N) is 3. The zero-order valence-corrected chi connectivity index (χ0v) is 26.0. The van der Waals surface area contributed by atoms with Crippen molar-refractivity contribution in [2.75, 3.05) is 0 Å². The lowest BCUT2D eigenvalue weighted by molar-refractivity contribution is 1.17. The van der Waals surface area contributed by atoms with Gasteiger partial charge in [0.15, 0.2) is 0 Å². The first-order chi connectivity index (χ1) is 23.3. The van der Waals surface area contributed by atoms with Crippen LogP contribution in [-0.4, -0.2) is 9.13 Å². The summed E-state index contributed by atoms with van der Waals surface area (Å²) in [5, 5.41) is 17.8. The SMILES string of the molecule is N#Cc1cccc(-c2ccc3c(c2)c2ccc4c5ccccc5sc4c2n3-c2ccccc2)c1-n1c2ccccc2c2ccccc21. The monoisotopic (exact) mass is 615 g/mol. The molecule has 7 aromatic carbocycles. The summed E-state index contributed by atoms with van der Waals surface area (Å²) in [7, 11) is 0. The molecular weight excluding hydrogens is 591 g/mol. The standard InChI is InChI=1S/C43H25N3S/c44-26-28-11-10-17-30(41(28)46-37-18-7-4-14-31(37)32-15-5-8-19-38(32)46)27-21-24-39-36(25-27)34-22-23-35-33-16-6-9-20-40(33)47-43(35)42(34)45(39)29-12-2-1-3-13-29/h1-25H. The van der Waals surface area contributed by atoms with Crippen LogP contribution in [-0.2, 0) is 0 Å². The molecule has 3 aromatic heterocycles. The van der Waals surface area contributed by atoms with Gasteiger partial charge in [-0.25, -0.2) is 0 Å². The topological polar surface area (TPSA) is 33.6 Å². The van der Waals surface area contributed by atoms with Crippen LogP contribution in [0.3, 0.4) is 0 Å². The maximum atomic E-state index is 10.5. The van der Waals surface area contributed by atoms with Gasteiger partial charge in [-0.1, -0.05) is 103 Å². The van der Waals surface area contributed by atoms with Crippen molar-refractivity contribution in [1.29, 1.82) is 5.26 Å². The van der Waals surface area contributed by atoms with E-state index in [1.165, 1.54) is 47.2 Å². The first-order valence-corrected chi connectivity index (χ1v) is 16.6. The van der Waals surface area contributed by atoms with Gasteiger partial charge >= 0.3 is 0 Å². The lowest BCUT2D eigenvalue weighted by Crippen LogP contribution is -2.01. The molecule has 0 aliphatic heterocycles. The van der Waals surface area contributed by atoms with Crippen LogP contribution in [0.1, 0.15) is 5.56 Å². The van der Waals surface area contributed by atoms with E-state index in [0.29, 0.717) is 5.56 Å². The van der Waals surface area contributed by atoms with Gasteiger partial charge < -0.3 is 9.13 Å². The van der Waals surface area contributed by atoms with Crippen LogP contribution in [0.5, 0.6) is 0 Å². The molecule has 0 N–H and O–H groups in total. The summed E-state index contributed by atoms with van der Waals surface area (Å²) in [6, 6.07) is 56.3. The normalized spacial score (nSPS) is 11.8. The Morgan fingerprint density at radius 1 is 0.489 bits per heavy atom. The molecule has 47 heavy (non-hydrogen) atoms. The molecule has 218 valence electrons. The number of aromatic nitrogens is 2. The second-order valence-corrected chi connectivity index (χ2v) is 13.1. The van der Waals surface area contributed by atoms with Gasteiger partial charge in [-0.2, -0.15) is 5.26 Å². The zero-order chi connectivity index (χ0) is 31.1. The van der Waals surface area contributed by atoms with Gasteiger partial charge in [0.05, 0.1) is 38.0 Å². The average Bonchev–Trinajstić information content (AvgIpc) is 3.79. The second-order valence-electron chi connectivity index (χ2n) is 12.0. The third-order valence-electron chi connectivity index (χ3n) is 9.56. The van der Waals surface area contributed by atoms with Crippen molar-refractivity contribution >= 4 is 75.1 Å². The highest BCUT2D eigenvalue weighted by molar-refractivity contribution is 7.26.